The maximum absolute atomic E-state index is 13.9. The molecule has 1 aromatic heterocycles. The normalized spacial score (nSPS) is 14.5. The van der Waals surface area contributed by atoms with Crippen molar-refractivity contribution in [2.75, 3.05) is 0 Å². The van der Waals surface area contributed by atoms with Gasteiger partial charge in [-0.2, -0.15) is 44.1 Å². The van der Waals surface area contributed by atoms with E-state index in [9.17, 15) is 39.5 Å². The Morgan fingerprint density at radius 3 is 1.87 bits per heavy atom. The maximum Gasteiger partial charge on any atom is 0.469 e. The molecule has 0 spiro atoms. The highest BCUT2D eigenvalue weighted by Crippen LogP contribution is 2.55. The molecule has 0 bridgehead atoms. The van der Waals surface area contributed by atoms with E-state index in [2.05, 4.69) is 0 Å². The van der Waals surface area contributed by atoms with E-state index in [1.807, 2.05) is 0 Å². The van der Waals surface area contributed by atoms with E-state index in [0.717, 1.165) is 23.7 Å². The smallest absolute Gasteiger partial charge is 0.232 e. The number of aryl methyl sites for hydroxylation is 1. The molecule has 11 heteroatoms. The first kappa shape index (κ1) is 17.4. The summed E-state index contributed by atoms with van der Waals surface area (Å²) >= 11 is 0. The molecule has 0 atom stereocenters. The third-order valence-corrected chi connectivity index (χ3v) is 3.24. The first-order valence-electron chi connectivity index (χ1n) is 5.91. The van der Waals surface area contributed by atoms with Crippen LogP contribution in [0.25, 0.3) is 11.0 Å². The molecule has 0 saturated carbocycles. The monoisotopic (exact) mass is 351 g/mol. The van der Waals surface area contributed by atoms with Gasteiger partial charge in [0.15, 0.2) is 11.0 Å². The predicted octanol–water partition coefficient (Wildman–Crippen LogP) is 3.85. The third-order valence-electron chi connectivity index (χ3n) is 3.24. The molecule has 0 aliphatic carbocycles. The van der Waals surface area contributed by atoms with Crippen molar-refractivity contribution in [3.05, 3.63) is 30.6 Å². The van der Waals surface area contributed by atoms with Gasteiger partial charge in [-0.15, -0.1) is 0 Å². The molecular weight excluding hydrogens is 343 g/mol. The van der Waals surface area contributed by atoms with Crippen molar-refractivity contribution in [1.82, 2.24) is 4.57 Å². The molecule has 0 aliphatic heterocycles. The number of alkyl halides is 9. The Morgan fingerprint density at radius 1 is 0.826 bits per heavy atom. The van der Waals surface area contributed by atoms with Gasteiger partial charge in [-0.25, -0.2) is 4.57 Å². The zero-order valence-corrected chi connectivity index (χ0v) is 11.2. The molecule has 128 valence electrons. The number of para-hydroxylation sites is 2. The molecule has 2 aromatic rings. The lowest BCUT2D eigenvalue weighted by Gasteiger charge is -2.31. The number of halogens is 9. The molecule has 0 radical (unpaired) electrons. The number of hydrogen-bond donors (Lipinski definition) is 0. The van der Waals surface area contributed by atoms with Gasteiger partial charge in [-0.1, -0.05) is 12.1 Å². The molecular formula is C12H8F9N2+. The van der Waals surface area contributed by atoms with Crippen LogP contribution in [-0.2, 0) is 13.1 Å². The van der Waals surface area contributed by atoms with Crippen molar-refractivity contribution < 1.29 is 44.1 Å². The lowest BCUT2D eigenvalue weighted by molar-refractivity contribution is -0.647. The van der Waals surface area contributed by atoms with E-state index in [0.29, 0.717) is 6.33 Å². The summed E-state index contributed by atoms with van der Waals surface area (Å²) in [5, 5.41) is 0. The fourth-order valence-corrected chi connectivity index (χ4v) is 2.01. The maximum atomic E-state index is 13.9. The van der Waals surface area contributed by atoms with Gasteiger partial charge >= 0.3 is 24.1 Å². The van der Waals surface area contributed by atoms with E-state index in [1.165, 1.54) is 12.1 Å². The van der Waals surface area contributed by atoms with E-state index < -0.39 is 34.2 Å². The van der Waals surface area contributed by atoms with Gasteiger partial charge in [0.1, 0.15) is 0 Å². The van der Waals surface area contributed by atoms with Crippen LogP contribution in [0.1, 0.15) is 0 Å². The van der Waals surface area contributed by atoms with Crippen molar-refractivity contribution in [2.24, 2.45) is 7.05 Å². The molecule has 1 heterocycles. The summed E-state index contributed by atoms with van der Waals surface area (Å²) in [5.41, 5.74) is -0.684. The summed E-state index contributed by atoms with van der Waals surface area (Å²) in [4.78, 5) is 0. The summed E-state index contributed by atoms with van der Waals surface area (Å²) in [6, 6.07) is -1.22. The number of imidazole rings is 1. The van der Waals surface area contributed by atoms with Gasteiger partial charge in [0.2, 0.25) is 6.33 Å². The number of benzene rings is 1. The number of fused-ring (bicyclic) bond motifs is 1. The standard InChI is InChI=1S/C12H8F9N2/c1-22-6-23(8-5-3-2-4-7(8)22)12(20,21)10(15,16)9(13,14)11(17,18)19/h2-6H,1H3/q+1. The topological polar surface area (TPSA) is 8.81 Å². The average Bonchev–Trinajstić information content (AvgIpc) is 2.76. The molecule has 1 aromatic carbocycles. The van der Waals surface area contributed by atoms with Crippen LogP contribution < -0.4 is 4.57 Å². The fourth-order valence-electron chi connectivity index (χ4n) is 2.01. The van der Waals surface area contributed by atoms with Gasteiger partial charge in [-0.3, -0.25) is 0 Å². The zero-order chi connectivity index (χ0) is 17.8. The third kappa shape index (κ3) is 2.24. The van der Waals surface area contributed by atoms with Gasteiger partial charge < -0.3 is 0 Å². The minimum atomic E-state index is -6.92. The van der Waals surface area contributed by atoms with Crippen LogP contribution in [0, 0.1) is 0 Å². The summed E-state index contributed by atoms with van der Waals surface area (Å²) in [7, 11) is 1.15. The summed E-state index contributed by atoms with van der Waals surface area (Å²) in [5.74, 6) is -13.6. The van der Waals surface area contributed by atoms with Gasteiger partial charge in [-0.05, 0) is 12.1 Å². The van der Waals surface area contributed by atoms with E-state index in [1.54, 1.807) is 0 Å². The quantitative estimate of drug-likeness (QED) is 0.587. The molecule has 0 N–H and O–H groups in total. The second-order valence-electron chi connectivity index (χ2n) is 4.77. The van der Waals surface area contributed by atoms with Crippen molar-refractivity contribution in [1.29, 1.82) is 0 Å². The molecule has 0 amide bonds. The van der Waals surface area contributed by atoms with Gasteiger partial charge in [0.05, 0.1) is 7.05 Å². The van der Waals surface area contributed by atoms with Crippen LogP contribution >= 0.6 is 0 Å². The first-order chi connectivity index (χ1) is 10.2. The fraction of sp³-hybridized carbons (Fsp3) is 0.417. The Balaban J connectivity index is 2.69. The largest absolute Gasteiger partial charge is 0.469 e. The second-order valence-corrected chi connectivity index (χ2v) is 4.77. The second kappa shape index (κ2) is 4.78. The lowest BCUT2D eigenvalue weighted by atomic mass is 10.1. The molecule has 2 nitrogen and oxygen atoms in total. The SMILES string of the molecule is C[n+]1cn(C(F)(F)C(F)(F)C(F)(F)C(F)(F)F)c2ccccc21. The average molecular weight is 351 g/mol. The van der Waals surface area contributed by atoms with Crippen LogP contribution in [-0.4, -0.2) is 22.6 Å². The Kier molecular flexibility index (Phi) is 3.62. The Hall–Kier alpha value is -1.94. The highest BCUT2D eigenvalue weighted by molar-refractivity contribution is 5.71. The summed E-state index contributed by atoms with van der Waals surface area (Å²) in [6.45, 7) is 0. The highest BCUT2D eigenvalue weighted by Gasteiger charge is 2.84. The van der Waals surface area contributed by atoms with Crippen LogP contribution in [0.5, 0.6) is 0 Å². The Bertz CT molecular complexity index is 730. The lowest BCUT2D eigenvalue weighted by Crippen LogP contribution is -2.61. The minimum absolute atomic E-state index is 0.0571. The van der Waals surface area contributed by atoms with Crippen LogP contribution in [0.2, 0.25) is 0 Å². The van der Waals surface area contributed by atoms with E-state index in [-0.39, 0.29) is 5.52 Å². The van der Waals surface area contributed by atoms with Gasteiger partial charge in [0, 0.05) is 0 Å². The number of aromatic nitrogens is 2. The minimum Gasteiger partial charge on any atom is -0.232 e. The summed E-state index contributed by atoms with van der Waals surface area (Å²) < 4.78 is 117. The molecule has 0 aliphatic rings. The van der Waals surface area contributed by atoms with E-state index in [4.69, 9.17) is 0 Å². The number of nitrogens with zero attached hydrogens (tertiary/aromatic N) is 2. The molecule has 0 unspecified atom stereocenters. The number of hydrogen-bond acceptors (Lipinski definition) is 0. The van der Waals surface area contributed by atoms with Crippen molar-refractivity contribution >= 4 is 11.0 Å². The highest BCUT2D eigenvalue weighted by atomic mass is 19.4. The van der Waals surface area contributed by atoms with Crippen molar-refractivity contribution in [3.63, 3.8) is 0 Å². The Labute approximate surface area is 122 Å². The number of rotatable bonds is 3. The zero-order valence-electron chi connectivity index (χ0n) is 11.2. The molecule has 23 heavy (non-hydrogen) atoms. The van der Waals surface area contributed by atoms with Crippen LogP contribution in [0.15, 0.2) is 30.6 Å². The molecule has 2 rings (SSSR count). The van der Waals surface area contributed by atoms with Crippen molar-refractivity contribution in [2.45, 2.75) is 24.1 Å². The van der Waals surface area contributed by atoms with Crippen LogP contribution in [0.3, 0.4) is 0 Å². The molecule has 0 fully saturated rings. The summed E-state index contributed by atoms with van der Waals surface area (Å²) in [6.07, 6.45) is -6.52. The van der Waals surface area contributed by atoms with E-state index >= 15 is 0 Å². The Morgan fingerprint density at radius 2 is 1.35 bits per heavy atom. The predicted molar refractivity (Wildman–Crippen MR) is 59.3 cm³/mol. The van der Waals surface area contributed by atoms with Crippen molar-refractivity contribution in [3.8, 4) is 0 Å². The first-order valence-corrected chi connectivity index (χ1v) is 5.91. The van der Waals surface area contributed by atoms with Gasteiger partial charge in [0.25, 0.3) is 0 Å². The van der Waals surface area contributed by atoms with Crippen LogP contribution in [0.4, 0.5) is 39.5 Å². The molecule has 0 saturated heterocycles.